The Bertz CT molecular complexity index is 206. The van der Waals surface area contributed by atoms with Crippen LogP contribution < -0.4 is 17.2 Å². The molecule has 0 aliphatic heterocycles. The molecule has 0 aromatic carbocycles. The van der Waals surface area contributed by atoms with Gasteiger partial charge in [-0.1, -0.05) is 12.8 Å². The predicted molar refractivity (Wildman–Crippen MR) is 64.4 cm³/mol. The summed E-state index contributed by atoms with van der Waals surface area (Å²) in [6, 6.07) is -1.29. The number of carbonyl (C=O) groups is 2. The van der Waals surface area contributed by atoms with Gasteiger partial charge in [-0.2, -0.15) is 0 Å². The van der Waals surface area contributed by atoms with Crippen molar-refractivity contribution >= 4 is 11.9 Å². The van der Waals surface area contributed by atoms with Gasteiger partial charge in [-0.05, 0) is 25.9 Å². The molecule has 0 spiro atoms. The Balaban J connectivity index is 0. The maximum absolute atomic E-state index is 9.85. The van der Waals surface area contributed by atoms with Crippen molar-refractivity contribution in [2.24, 2.45) is 17.2 Å². The molecule has 0 bridgehead atoms. The first-order valence-electron chi connectivity index (χ1n) is 5.56. The summed E-state index contributed by atoms with van der Waals surface area (Å²) in [5, 5.41) is 16.0. The van der Waals surface area contributed by atoms with E-state index in [0.29, 0.717) is 0 Å². The lowest BCUT2D eigenvalue weighted by Crippen LogP contribution is -2.32. The van der Waals surface area contributed by atoms with Gasteiger partial charge in [-0.3, -0.25) is 9.59 Å². The number of unbranched alkanes of at least 4 members (excludes halogenated alkanes) is 3. The van der Waals surface area contributed by atoms with Gasteiger partial charge in [0.2, 0.25) is 0 Å². The Labute approximate surface area is 101 Å². The second kappa shape index (κ2) is 12.9. The molecule has 0 saturated heterocycles. The summed E-state index contributed by atoms with van der Waals surface area (Å²) in [6.45, 7) is 1.65. The highest BCUT2D eigenvalue weighted by Crippen LogP contribution is 1.95. The number of rotatable bonds is 8. The molecule has 0 amide bonds. The zero-order valence-electron chi connectivity index (χ0n) is 9.97. The minimum absolute atomic E-state index is 0.532. The van der Waals surface area contributed by atoms with E-state index in [2.05, 4.69) is 0 Å². The van der Waals surface area contributed by atoms with E-state index in [0.717, 1.165) is 25.9 Å². The van der Waals surface area contributed by atoms with Crippen molar-refractivity contribution in [3.63, 3.8) is 0 Å². The normalized spacial score (nSPS) is 11.2. The number of aliphatic carboxylic acids is 2. The highest BCUT2D eigenvalue weighted by molar-refractivity contribution is 5.80. The molecule has 0 saturated carbocycles. The quantitative estimate of drug-likeness (QED) is 0.358. The van der Waals surface area contributed by atoms with Crippen molar-refractivity contribution in [2.45, 2.75) is 38.1 Å². The molecule has 102 valence electrons. The largest absolute Gasteiger partial charge is 0.481 e. The fraction of sp³-hybridized carbons (Fsp3) is 0.800. The zero-order chi connectivity index (χ0) is 13.7. The highest BCUT2D eigenvalue weighted by atomic mass is 16.4. The summed E-state index contributed by atoms with van der Waals surface area (Å²) in [5.41, 5.74) is 15.4. The molecule has 0 aromatic rings. The van der Waals surface area contributed by atoms with Crippen LogP contribution in [0.3, 0.4) is 0 Å². The summed E-state index contributed by atoms with van der Waals surface area (Å²) in [4.78, 5) is 19.6. The molecule has 7 nitrogen and oxygen atoms in total. The van der Waals surface area contributed by atoms with E-state index in [4.69, 9.17) is 27.4 Å². The van der Waals surface area contributed by atoms with Crippen molar-refractivity contribution in [2.75, 3.05) is 13.1 Å². The Morgan fingerprint density at radius 1 is 0.941 bits per heavy atom. The van der Waals surface area contributed by atoms with Gasteiger partial charge in [0.15, 0.2) is 0 Å². The van der Waals surface area contributed by atoms with Crippen LogP contribution in [0.2, 0.25) is 0 Å². The van der Waals surface area contributed by atoms with Crippen LogP contribution in [0.15, 0.2) is 0 Å². The fourth-order valence-electron chi connectivity index (χ4n) is 0.918. The first-order chi connectivity index (χ1) is 7.95. The van der Waals surface area contributed by atoms with E-state index in [1.807, 2.05) is 0 Å². The molecule has 8 N–H and O–H groups in total. The number of carboxylic acids is 2. The topological polar surface area (TPSA) is 153 Å². The van der Waals surface area contributed by atoms with Gasteiger partial charge < -0.3 is 27.4 Å². The summed E-state index contributed by atoms with van der Waals surface area (Å²) in [5.74, 6) is -2.50. The molecule has 0 heterocycles. The molecule has 0 aromatic heterocycles. The Morgan fingerprint density at radius 3 is 1.53 bits per heavy atom. The molecule has 0 unspecified atom stereocenters. The van der Waals surface area contributed by atoms with Gasteiger partial charge >= 0.3 is 11.9 Å². The van der Waals surface area contributed by atoms with Crippen LogP contribution in [-0.2, 0) is 9.59 Å². The molecule has 7 heteroatoms. The Morgan fingerprint density at radius 2 is 1.35 bits per heavy atom. The number of hydrogen-bond donors (Lipinski definition) is 5. The molecular weight excluding hydrogens is 226 g/mol. The van der Waals surface area contributed by atoms with E-state index in [-0.39, 0.29) is 0 Å². The second-order valence-electron chi connectivity index (χ2n) is 3.53. The van der Waals surface area contributed by atoms with E-state index >= 15 is 0 Å². The van der Waals surface area contributed by atoms with Gasteiger partial charge in [0, 0.05) is 0 Å². The zero-order valence-corrected chi connectivity index (χ0v) is 9.97. The van der Waals surface area contributed by atoms with Crippen LogP contribution in [0.5, 0.6) is 0 Å². The molecular formula is C10H23N3O4. The van der Waals surface area contributed by atoms with E-state index in [9.17, 15) is 9.59 Å². The summed E-state index contributed by atoms with van der Waals surface area (Å²) in [7, 11) is 0. The average molecular weight is 249 g/mol. The lowest BCUT2D eigenvalue weighted by atomic mass is 10.2. The molecule has 0 radical (unpaired) electrons. The molecule has 0 aliphatic carbocycles. The average Bonchev–Trinajstić information content (AvgIpc) is 2.24. The second-order valence-corrected chi connectivity index (χ2v) is 3.53. The van der Waals surface area contributed by atoms with Gasteiger partial charge in [0.1, 0.15) is 6.04 Å². The molecule has 0 fully saturated rings. The van der Waals surface area contributed by atoms with Gasteiger partial charge in [-0.15, -0.1) is 0 Å². The van der Waals surface area contributed by atoms with Crippen LogP contribution in [0.4, 0.5) is 0 Å². The van der Waals surface area contributed by atoms with Crippen LogP contribution in [0.1, 0.15) is 32.1 Å². The summed E-state index contributed by atoms with van der Waals surface area (Å²) >= 11 is 0. The third kappa shape index (κ3) is 17.4. The number of hydrogen-bond acceptors (Lipinski definition) is 5. The van der Waals surface area contributed by atoms with Gasteiger partial charge in [0.25, 0.3) is 0 Å². The lowest BCUT2D eigenvalue weighted by Gasteiger charge is -1.99. The van der Waals surface area contributed by atoms with Crippen molar-refractivity contribution < 1.29 is 19.8 Å². The molecule has 17 heavy (non-hydrogen) atoms. The fourth-order valence-corrected chi connectivity index (χ4v) is 0.918. The predicted octanol–water partition coefficient (Wildman–Crippen LogP) is -0.663. The Kier molecular flexibility index (Phi) is 13.8. The van der Waals surface area contributed by atoms with E-state index in [1.165, 1.54) is 12.8 Å². The first-order valence-corrected chi connectivity index (χ1v) is 5.56. The Hall–Kier alpha value is -1.18. The summed E-state index contributed by atoms with van der Waals surface area (Å²) < 4.78 is 0. The maximum Gasteiger partial charge on any atom is 0.321 e. The van der Waals surface area contributed by atoms with Crippen molar-refractivity contribution in [3.8, 4) is 0 Å². The minimum Gasteiger partial charge on any atom is -0.481 e. The standard InChI is InChI=1S/C6H16N2.C4H7NO4/c7-5-3-1-2-4-6-8;5-2(4(8)9)1-3(6)7/h1-8H2;2H,1,5H2,(H,6,7)(H,8,9)/t;2-/m.0/s1. The maximum atomic E-state index is 9.85. The van der Waals surface area contributed by atoms with Gasteiger partial charge in [0.05, 0.1) is 6.42 Å². The monoisotopic (exact) mass is 249 g/mol. The first kappa shape index (κ1) is 18.2. The molecule has 0 rings (SSSR count). The third-order valence-electron chi connectivity index (χ3n) is 1.87. The van der Waals surface area contributed by atoms with Crippen molar-refractivity contribution in [3.05, 3.63) is 0 Å². The number of nitrogens with two attached hydrogens (primary N) is 3. The van der Waals surface area contributed by atoms with Gasteiger partial charge in [-0.25, -0.2) is 0 Å². The van der Waals surface area contributed by atoms with Crippen LogP contribution in [-0.4, -0.2) is 41.3 Å². The van der Waals surface area contributed by atoms with Crippen molar-refractivity contribution in [1.82, 2.24) is 0 Å². The van der Waals surface area contributed by atoms with E-state index in [1.54, 1.807) is 0 Å². The smallest absolute Gasteiger partial charge is 0.321 e. The minimum atomic E-state index is -1.29. The molecule has 1 atom stereocenters. The van der Waals surface area contributed by atoms with E-state index < -0.39 is 24.4 Å². The van der Waals surface area contributed by atoms with Crippen LogP contribution in [0, 0.1) is 0 Å². The van der Waals surface area contributed by atoms with Crippen LogP contribution >= 0.6 is 0 Å². The van der Waals surface area contributed by atoms with Crippen molar-refractivity contribution in [1.29, 1.82) is 0 Å². The highest BCUT2D eigenvalue weighted by Gasteiger charge is 2.14. The third-order valence-corrected chi connectivity index (χ3v) is 1.87. The lowest BCUT2D eigenvalue weighted by molar-refractivity contribution is -0.144. The number of carboxylic acid groups (broad SMARTS) is 2. The SMILES string of the molecule is NCCCCCCN.N[C@@H](CC(=O)O)C(=O)O. The van der Waals surface area contributed by atoms with Crippen LogP contribution in [0.25, 0.3) is 0 Å². The molecule has 0 aliphatic rings. The summed E-state index contributed by atoms with van der Waals surface area (Å²) in [6.07, 6.45) is 4.26.